The van der Waals surface area contributed by atoms with E-state index in [1.165, 1.54) is 64.2 Å². The van der Waals surface area contributed by atoms with Crippen molar-refractivity contribution in [2.45, 2.75) is 96.6 Å². The number of unbranched alkanes of at least 4 members (excludes halogenated alkanes) is 9. The average Bonchev–Trinajstić information content (AvgIpc) is 2.44. The molecule has 0 rings (SSSR count). The van der Waals surface area contributed by atoms with Gasteiger partial charge >= 0.3 is 0 Å². The predicted molar refractivity (Wildman–Crippen MR) is 84.0 cm³/mol. The maximum absolute atomic E-state index is 5.54. The number of nitrogens with two attached hydrogens (primary N) is 1. The molecule has 3 heteroatoms. The fourth-order valence-corrected chi connectivity index (χ4v) is 2.47. The standard InChI is InChI=1S/C16H36N2O/c1-4-5-6-7-8-9-10-11-12-13-14-16(18-17)15(2)19-3/h15-16,18H,4-14,17H2,1-3H3. The molecule has 0 aliphatic carbocycles. The van der Waals surface area contributed by atoms with Gasteiger partial charge in [-0.05, 0) is 13.3 Å². The molecule has 2 atom stereocenters. The van der Waals surface area contributed by atoms with Crippen molar-refractivity contribution in [1.29, 1.82) is 0 Å². The quantitative estimate of drug-likeness (QED) is 0.283. The van der Waals surface area contributed by atoms with Crippen LogP contribution in [-0.4, -0.2) is 19.3 Å². The highest BCUT2D eigenvalue weighted by Crippen LogP contribution is 2.13. The Morgan fingerprint density at radius 2 is 1.37 bits per heavy atom. The van der Waals surface area contributed by atoms with Crippen molar-refractivity contribution < 1.29 is 4.74 Å². The lowest BCUT2D eigenvalue weighted by Crippen LogP contribution is -2.43. The lowest BCUT2D eigenvalue weighted by atomic mass is 10.0. The van der Waals surface area contributed by atoms with Crippen LogP contribution in [0.5, 0.6) is 0 Å². The van der Waals surface area contributed by atoms with Crippen LogP contribution >= 0.6 is 0 Å². The van der Waals surface area contributed by atoms with Crippen LogP contribution in [0.2, 0.25) is 0 Å². The van der Waals surface area contributed by atoms with Crippen molar-refractivity contribution in [1.82, 2.24) is 5.43 Å². The minimum absolute atomic E-state index is 0.198. The molecule has 3 N–H and O–H groups in total. The van der Waals surface area contributed by atoms with Gasteiger partial charge < -0.3 is 4.74 Å². The van der Waals surface area contributed by atoms with Gasteiger partial charge in [0.1, 0.15) is 0 Å². The van der Waals surface area contributed by atoms with Gasteiger partial charge in [-0.25, -0.2) is 0 Å². The summed E-state index contributed by atoms with van der Waals surface area (Å²) in [4.78, 5) is 0. The van der Waals surface area contributed by atoms with E-state index in [0.29, 0.717) is 6.04 Å². The molecule has 0 spiro atoms. The molecule has 0 saturated heterocycles. The summed E-state index contributed by atoms with van der Waals surface area (Å²) in [5, 5.41) is 0. The zero-order valence-electron chi connectivity index (χ0n) is 13.4. The zero-order chi connectivity index (χ0) is 14.3. The molecule has 0 aromatic carbocycles. The molecule has 0 aliphatic heterocycles. The minimum atomic E-state index is 0.198. The average molecular weight is 272 g/mol. The van der Waals surface area contributed by atoms with E-state index in [4.69, 9.17) is 10.6 Å². The molecular weight excluding hydrogens is 236 g/mol. The van der Waals surface area contributed by atoms with E-state index in [1.807, 2.05) is 0 Å². The van der Waals surface area contributed by atoms with Gasteiger partial charge in [0.05, 0.1) is 6.10 Å². The second kappa shape index (κ2) is 14.3. The Morgan fingerprint density at radius 1 is 0.895 bits per heavy atom. The first-order chi connectivity index (χ1) is 9.26. The van der Waals surface area contributed by atoms with E-state index in [2.05, 4.69) is 19.3 Å². The molecule has 0 bridgehead atoms. The van der Waals surface area contributed by atoms with Crippen molar-refractivity contribution in [3.05, 3.63) is 0 Å². The molecule has 0 aromatic rings. The zero-order valence-corrected chi connectivity index (χ0v) is 13.4. The lowest BCUT2D eigenvalue weighted by Gasteiger charge is -2.21. The third-order valence-electron chi connectivity index (χ3n) is 4.02. The Kier molecular flexibility index (Phi) is 14.2. The summed E-state index contributed by atoms with van der Waals surface area (Å²) in [5.74, 6) is 5.54. The fraction of sp³-hybridized carbons (Fsp3) is 1.00. The molecule has 0 heterocycles. The van der Waals surface area contributed by atoms with Crippen LogP contribution in [0.1, 0.15) is 84.5 Å². The molecular formula is C16H36N2O. The molecule has 19 heavy (non-hydrogen) atoms. The maximum Gasteiger partial charge on any atom is 0.0709 e. The third-order valence-corrected chi connectivity index (χ3v) is 4.02. The minimum Gasteiger partial charge on any atom is -0.380 e. The van der Waals surface area contributed by atoms with Crippen LogP contribution in [0.3, 0.4) is 0 Å². The molecule has 0 fully saturated rings. The normalized spacial score (nSPS) is 14.5. The largest absolute Gasteiger partial charge is 0.380 e. The van der Waals surface area contributed by atoms with Crippen molar-refractivity contribution in [2.24, 2.45) is 5.84 Å². The van der Waals surface area contributed by atoms with Crippen molar-refractivity contribution >= 4 is 0 Å². The Hall–Kier alpha value is -0.120. The van der Waals surface area contributed by atoms with Gasteiger partial charge in [0.15, 0.2) is 0 Å². The first-order valence-corrected chi connectivity index (χ1v) is 8.25. The Balaban J connectivity index is 3.25. The Labute approximate surface area is 120 Å². The summed E-state index contributed by atoms with van der Waals surface area (Å²) in [7, 11) is 1.74. The number of rotatable bonds is 14. The molecule has 0 amide bonds. The van der Waals surface area contributed by atoms with Crippen molar-refractivity contribution in [2.75, 3.05) is 7.11 Å². The Morgan fingerprint density at radius 3 is 1.79 bits per heavy atom. The van der Waals surface area contributed by atoms with Gasteiger partial charge in [0, 0.05) is 13.2 Å². The van der Waals surface area contributed by atoms with E-state index in [9.17, 15) is 0 Å². The number of hydrazine groups is 1. The maximum atomic E-state index is 5.54. The molecule has 2 unspecified atom stereocenters. The fourth-order valence-electron chi connectivity index (χ4n) is 2.47. The van der Waals surface area contributed by atoms with Crippen LogP contribution in [0.15, 0.2) is 0 Å². The highest BCUT2D eigenvalue weighted by Gasteiger charge is 2.13. The molecule has 0 aromatic heterocycles. The van der Waals surface area contributed by atoms with Crippen LogP contribution < -0.4 is 11.3 Å². The summed E-state index contributed by atoms with van der Waals surface area (Å²) in [6, 6.07) is 0.291. The summed E-state index contributed by atoms with van der Waals surface area (Å²) in [6.07, 6.45) is 15.1. The number of nitrogens with one attached hydrogen (secondary N) is 1. The first-order valence-electron chi connectivity index (χ1n) is 8.25. The van der Waals surface area contributed by atoms with Gasteiger partial charge in [-0.1, -0.05) is 71.1 Å². The number of hydrogen-bond donors (Lipinski definition) is 2. The highest BCUT2D eigenvalue weighted by molar-refractivity contribution is 4.70. The molecule has 3 nitrogen and oxygen atoms in total. The SMILES string of the molecule is CCCCCCCCCCCCC(NN)C(C)OC. The van der Waals surface area contributed by atoms with Crippen LogP contribution in [0.4, 0.5) is 0 Å². The van der Waals surface area contributed by atoms with E-state index < -0.39 is 0 Å². The van der Waals surface area contributed by atoms with Gasteiger partial charge in [0.2, 0.25) is 0 Å². The Bertz CT molecular complexity index is 176. The smallest absolute Gasteiger partial charge is 0.0709 e. The predicted octanol–water partition coefficient (Wildman–Crippen LogP) is 4.16. The monoisotopic (exact) mass is 272 g/mol. The molecule has 0 saturated carbocycles. The first kappa shape index (κ1) is 18.9. The molecule has 116 valence electrons. The number of ether oxygens (including phenoxy) is 1. The number of methoxy groups -OCH3 is 1. The van der Waals surface area contributed by atoms with Crippen LogP contribution in [0, 0.1) is 0 Å². The van der Waals surface area contributed by atoms with Crippen molar-refractivity contribution in [3.63, 3.8) is 0 Å². The second-order valence-corrected chi connectivity index (χ2v) is 5.68. The third kappa shape index (κ3) is 11.4. The summed E-state index contributed by atoms with van der Waals surface area (Å²) in [5.41, 5.74) is 2.86. The topological polar surface area (TPSA) is 47.3 Å². The molecule has 0 radical (unpaired) electrons. The summed E-state index contributed by atoms with van der Waals surface area (Å²) >= 11 is 0. The van der Waals surface area contributed by atoms with Gasteiger partial charge in [-0.15, -0.1) is 0 Å². The molecule has 0 aliphatic rings. The van der Waals surface area contributed by atoms with Gasteiger partial charge in [-0.3, -0.25) is 11.3 Å². The van der Waals surface area contributed by atoms with E-state index in [-0.39, 0.29) is 6.10 Å². The number of hydrogen-bond acceptors (Lipinski definition) is 3. The van der Waals surface area contributed by atoms with Crippen LogP contribution in [0.25, 0.3) is 0 Å². The van der Waals surface area contributed by atoms with Gasteiger partial charge in [0.25, 0.3) is 0 Å². The van der Waals surface area contributed by atoms with Crippen molar-refractivity contribution in [3.8, 4) is 0 Å². The summed E-state index contributed by atoms with van der Waals surface area (Å²) < 4.78 is 5.30. The summed E-state index contributed by atoms with van der Waals surface area (Å²) in [6.45, 7) is 4.34. The van der Waals surface area contributed by atoms with Crippen LogP contribution in [-0.2, 0) is 4.74 Å². The highest BCUT2D eigenvalue weighted by atomic mass is 16.5. The van der Waals surface area contributed by atoms with E-state index in [0.717, 1.165) is 6.42 Å². The van der Waals surface area contributed by atoms with E-state index in [1.54, 1.807) is 7.11 Å². The van der Waals surface area contributed by atoms with Gasteiger partial charge in [-0.2, -0.15) is 0 Å². The second-order valence-electron chi connectivity index (χ2n) is 5.68. The lowest BCUT2D eigenvalue weighted by molar-refractivity contribution is 0.0791. The van der Waals surface area contributed by atoms with E-state index >= 15 is 0 Å².